The third-order valence-electron chi connectivity index (χ3n) is 3.39. The van der Waals surface area contributed by atoms with Crippen LogP contribution in [0.2, 0.25) is 0 Å². The van der Waals surface area contributed by atoms with Gasteiger partial charge < -0.3 is 4.74 Å². The van der Waals surface area contributed by atoms with E-state index in [2.05, 4.69) is 15.3 Å². The number of nitrogens with zero attached hydrogens (tertiary/aromatic N) is 2. The van der Waals surface area contributed by atoms with E-state index < -0.39 is 5.54 Å². The predicted octanol–water partition coefficient (Wildman–Crippen LogP) is 1.17. The van der Waals surface area contributed by atoms with E-state index in [0.29, 0.717) is 11.6 Å². The predicted molar refractivity (Wildman–Crippen MR) is 66.9 cm³/mol. The Morgan fingerprint density at radius 2 is 2.17 bits per heavy atom. The normalized spacial score (nSPS) is 18.2. The zero-order chi connectivity index (χ0) is 13.2. The van der Waals surface area contributed by atoms with Gasteiger partial charge in [0, 0.05) is 12.4 Å². The molecule has 1 heterocycles. The molecule has 0 spiro atoms. The number of methoxy groups -OCH3 is 1. The van der Waals surface area contributed by atoms with Crippen LogP contribution in [-0.2, 0) is 15.1 Å². The van der Waals surface area contributed by atoms with Crippen molar-refractivity contribution in [1.29, 1.82) is 0 Å². The van der Waals surface area contributed by atoms with Gasteiger partial charge in [0.05, 0.1) is 18.5 Å². The maximum Gasteiger partial charge on any atom is 0.332 e. The SMILES string of the molecule is COC(=O)C(C)(NCC1CC1)c1nccnc1C. The van der Waals surface area contributed by atoms with Crippen molar-refractivity contribution in [2.75, 3.05) is 13.7 Å². The van der Waals surface area contributed by atoms with Crippen LogP contribution in [0.25, 0.3) is 0 Å². The molecule has 0 aliphatic heterocycles. The first kappa shape index (κ1) is 13.0. The second kappa shape index (κ2) is 5.02. The van der Waals surface area contributed by atoms with Crippen molar-refractivity contribution in [3.63, 3.8) is 0 Å². The molecular weight excluding hydrogens is 230 g/mol. The van der Waals surface area contributed by atoms with Gasteiger partial charge in [0.2, 0.25) is 0 Å². The number of nitrogens with one attached hydrogen (secondary N) is 1. The number of rotatable bonds is 5. The molecule has 0 bridgehead atoms. The van der Waals surface area contributed by atoms with Gasteiger partial charge in [-0.2, -0.15) is 0 Å². The first-order chi connectivity index (χ1) is 8.58. The molecule has 1 aromatic rings. The van der Waals surface area contributed by atoms with Crippen LogP contribution in [0, 0.1) is 12.8 Å². The molecule has 1 atom stereocenters. The number of aryl methyl sites for hydroxylation is 1. The first-order valence-electron chi connectivity index (χ1n) is 6.19. The molecule has 0 radical (unpaired) electrons. The molecule has 1 aliphatic rings. The maximum absolute atomic E-state index is 12.1. The van der Waals surface area contributed by atoms with E-state index >= 15 is 0 Å². The lowest BCUT2D eigenvalue weighted by Gasteiger charge is -2.28. The Morgan fingerprint density at radius 3 is 2.72 bits per heavy atom. The minimum Gasteiger partial charge on any atom is -0.467 e. The lowest BCUT2D eigenvalue weighted by atomic mass is 9.95. The minimum atomic E-state index is -0.921. The van der Waals surface area contributed by atoms with Gasteiger partial charge in [-0.3, -0.25) is 15.3 Å². The highest BCUT2D eigenvalue weighted by Crippen LogP contribution is 2.30. The van der Waals surface area contributed by atoms with Gasteiger partial charge in [0.1, 0.15) is 0 Å². The van der Waals surface area contributed by atoms with Gasteiger partial charge in [-0.25, -0.2) is 4.79 Å². The Balaban J connectivity index is 2.27. The van der Waals surface area contributed by atoms with Gasteiger partial charge in [0.25, 0.3) is 0 Å². The molecule has 1 aliphatic carbocycles. The Kier molecular flexibility index (Phi) is 3.61. The van der Waals surface area contributed by atoms with Gasteiger partial charge in [-0.1, -0.05) is 0 Å². The average molecular weight is 249 g/mol. The van der Waals surface area contributed by atoms with Crippen LogP contribution in [-0.4, -0.2) is 29.6 Å². The highest BCUT2D eigenvalue weighted by Gasteiger charge is 2.40. The summed E-state index contributed by atoms with van der Waals surface area (Å²) in [5.41, 5.74) is 0.460. The maximum atomic E-state index is 12.1. The molecule has 1 unspecified atom stereocenters. The summed E-state index contributed by atoms with van der Waals surface area (Å²) in [6, 6.07) is 0. The summed E-state index contributed by atoms with van der Waals surface area (Å²) < 4.78 is 4.91. The number of ether oxygens (including phenoxy) is 1. The molecule has 1 saturated carbocycles. The van der Waals surface area contributed by atoms with Gasteiger partial charge in [0.15, 0.2) is 5.54 Å². The van der Waals surface area contributed by atoms with E-state index in [1.165, 1.54) is 20.0 Å². The van der Waals surface area contributed by atoms with E-state index in [1.54, 1.807) is 19.3 Å². The highest BCUT2D eigenvalue weighted by molar-refractivity contribution is 5.81. The summed E-state index contributed by atoms with van der Waals surface area (Å²) in [5.74, 6) is 0.345. The smallest absolute Gasteiger partial charge is 0.332 e. The number of esters is 1. The third-order valence-corrected chi connectivity index (χ3v) is 3.39. The van der Waals surface area contributed by atoms with Crippen molar-refractivity contribution in [2.24, 2.45) is 5.92 Å². The third kappa shape index (κ3) is 2.51. The van der Waals surface area contributed by atoms with Crippen molar-refractivity contribution >= 4 is 5.97 Å². The average Bonchev–Trinajstić information content (AvgIpc) is 3.19. The van der Waals surface area contributed by atoms with Crippen LogP contribution >= 0.6 is 0 Å². The van der Waals surface area contributed by atoms with E-state index in [9.17, 15) is 4.79 Å². The lowest BCUT2D eigenvalue weighted by Crippen LogP contribution is -2.49. The molecule has 5 nitrogen and oxygen atoms in total. The molecule has 0 amide bonds. The van der Waals surface area contributed by atoms with E-state index in [1.807, 2.05) is 6.92 Å². The van der Waals surface area contributed by atoms with Crippen LogP contribution in [0.15, 0.2) is 12.4 Å². The molecule has 5 heteroatoms. The van der Waals surface area contributed by atoms with Gasteiger partial charge in [-0.15, -0.1) is 0 Å². The molecule has 1 N–H and O–H groups in total. The largest absolute Gasteiger partial charge is 0.467 e. The Morgan fingerprint density at radius 1 is 1.50 bits per heavy atom. The molecule has 0 aromatic carbocycles. The van der Waals surface area contributed by atoms with Gasteiger partial charge in [-0.05, 0) is 39.2 Å². The van der Waals surface area contributed by atoms with Crippen LogP contribution in [0.5, 0.6) is 0 Å². The first-order valence-corrected chi connectivity index (χ1v) is 6.19. The zero-order valence-corrected chi connectivity index (χ0v) is 11.1. The Labute approximate surface area is 107 Å². The van der Waals surface area contributed by atoms with Crippen LogP contribution in [0.1, 0.15) is 31.2 Å². The van der Waals surface area contributed by atoms with Crippen molar-refractivity contribution in [2.45, 2.75) is 32.2 Å². The summed E-state index contributed by atoms with van der Waals surface area (Å²) in [5, 5.41) is 3.29. The van der Waals surface area contributed by atoms with Crippen molar-refractivity contribution in [3.05, 3.63) is 23.8 Å². The summed E-state index contributed by atoms with van der Waals surface area (Å²) in [4.78, 5) is 20.6. The van der Waals surface area contributed by atoms with Crippen LogP contribution < -0.4 is 5.32 Å². The van der Waals surface area contributed by atoms with Crippen LogP contribution in [0.4, 0.5) is 0 Å². The van der Waals surface area contributed by atoms with Crippen molar-refractivity contribution in [1.82, 2.24) is 15.3 Å². The monoisotopic (exact) mass is 249 g/mol. The summed E-state index contributed by atoms with van der Waals surface area (Å²) >= 11 is 0. The molecule has 2 rings (SSSR count). The zero-order valence-electron chi connectivity index (χ0n) is 11.1. The number of hydrogen-bond donors (Lipinski definition) is 1. The molecule has 1 fully saturated rings. The topological polar surface area (TPSA) is 64.1 Å². The Bertz CT molecular complexity index is 446. The minimum absolute atomic E-state index is 0.327. The fourth-order valence-electron chi connectivity index (χ4n) is 2.03. The standard InChI is InChI=1S/C13H19N3O2/c1-9-11(15-7-6-14-9)13(2,12(17)18-3)16-8-10-4-5-10/h6-7,10,16H,4-5,8H2,1-3H3. The number of hydrogen-bond acceptors (Lipinski definition) is 5. The van der Waals surface area contributed by atoms with E-state index in [4.69, 9.17) is 4.74 Å². The fourth-order valence-corrected chi connectivity index (χ4v) is 2.03. The lowest BCUT2D eigenvalue weighted by molar-refractivity contribution is -0.148. The van der Waals surface area contributed by atoms with Gasteiger partial charge >= 0.3 is 5.97 Å². The second-order valence-electron chi connectivity index (χ2n) is 4.93. The van der Waals surface area contributed by atoms with Crippen molar-refractivity contribution < 1.29 is 9.53 Å². The summed E-state index contributed by atoms with van der Waals surface area (Å²) in [6.45, 7) is 4.46. The summed E-state index contributed by atoms with van der Waals surface area (Å²) in [6.07, 6.45) is 5.67. The Hall–Kier alpha value is -1.49. The summed E-state index contributed by atoms with van der Waals surface area (Å²) in [7, 11) is 1.39. The molecular formula is C13H19N3O2. The quantitative estimate of drug-likeness (QED) is 0.794. The van der Waals surface area contributed by atoms with E-state index in [-0.39, 0.29) is 5.97 Å². The molecule has 98 valence electrons. The number of carbonyl (C=O) groups excluding carboxylic acids is 1. The second-order valence-corrected chi connectivity index (χ2v) is 4.93. The molecule has 1 aromatic heterocycles. The highest BCUT2D eigenvalue weighted by atomic mass is 16.5. The van der Waals surface area contributed by atoms with E-state index in [0.717, 1.165) is 12.2 Å². The van der Waals surface area contributed by atoms with Crippen molar-refractivity contribution in [3.8, 4) is 0 Å². The number of aromatic nitrogens is 2. The molecule has 18 heavy (non-hydrogen) atoms. The van der Waals surface area contributed by atoms with Crippen LogP contribution in [0.3, 0.4) is 0 Å². The molecule has 0 saturated heterocycles. The fraction of sp³-hybridized carbons (Fsp3) is 0.615. The number of carbonyl (C=O) groups is 1.